The summed E-state index contributed by atoms with van der Waals surface area (Å²) in [5, 5.41) is 0. The predicted octanol–water partition coefficient (Wildman–Crippen LogP) is 1.61. The monoisotopic (exact) mass is 347 g/mol. The first-order valence-electron chi connectivity index (χ1n) is 7.98. The molecule has 0 saturated carbocycles. The molecule has 0 aliphatic carbocycles. The summed E-state index contributed by atoms with van der Waals surface area (Å²) >= 11 is 0. The number of aromatic nitrogens is 1. The van der Waals surface area contributed by atoms with Gasteiger partial charge in [0.05, 0.1) is 5.75 Å². The second kappa shape index (κ2) is 7.63. The molecule has 24 heavy (non-hydrogen) atoms. The highest BCUT2D eigenvalue weighted by molar-refractivity contribution is 7.87. The van der Waals surface area contributed by atoms with E-state index in [0.717, 1.165) is 32.0 Å². The third-order valence-corrected chi connectivity index (χ3v) is 5.10. The molecule has 1 saturated heterocycles. The van der Waals surface area contributed by atoms with Gasteiger partial charge in [-0.25, -0.2) is 4.98 Å². The largest absolute Gasteiger partial charge is 0.382 e. The van der Waals surface area contributed by atoms with E-state index in [0.29, 0.717) is 12.3 Å². The van der Waals surface area contributed by atoms with Crippen LogP contribution in [0.15, 0.2) is 54.7 Å². The Hall–Kier alpha value is -2.12. The summed E-state index contributed by atoms with van der Waals surface area (Å²) in [5.74, 6) is 1.32. The fourth-order valence-corrected chi connectivity index (χ4v) is 3.62. The Morgan fingerprint density at radius 3 is 2.33 bits per heavy atom. The Morgan fingerprint density at radius 1 is 0.958 bits per heavy atom. The summed E-state index contributed by atoms with van der Waals surface area (Å²) in [6.45, 7) is 3.80. The first-order valence-corrected chi connectivity index (χ1v) is 9.56. The van der Waals surface area contributed by atoms with E-state index >= 15 is 0 Å². The molecule has 128 valence electrons. The molecule has 3 rings (SSSR count). The summed E-state index contributed by atoms with van der Waals surface area (Å²) in [5.41, 5.74) is 0. The van der Waals surface area contributed by atoms with E-state index in [-0.39, 0.29) is 5.75 Å². The van der Waals surface area contributed by atoms with Gasteiger partial charge in [0, 0.05) is 38.9 Å². The van der Waals surface area contributed by atoms with Crippen molar-refractivity contribution in [2.24, 2.45) is 0 Å². The minimum absolute atomic E-state index is 0.00845. The highest BCUT2D eigenvalue weighted by atomic mass is 32.2. The van der Waals surface area contributed by atoms with Crippen LogP contribution >= 0.6 is 0 Å². The number of piperazine rings is 1. The second-order valence-corrected chi connectivity index (χ2v) is 7.37. The van der Waals surface area contributed by atoms with E-state index in [1.165, 1.54) is 0 Å². The van der Waals surface area contributed by atoms with Crippen molar-refractivity contribution in [2.75, 3.05) is 43.4 Å². The van der Waals surface area contributed by atoms with E-state index in [1.807, 2.05) is 24.3 Å². The number of anilines is 1. The number of pyridine rings is 1. The standard InChI is InChI=1S/C17H21N3O3S/c21-24(22,23-16-6-2-1-3-7-16)15-14-19-10-12-20(13-11-19)17-8-4-5-9-18-17/h1-9H,10-15H2. The molecule has 1 aliphatic heterocycles. The van der Waals surface area contributed by atoms with Crippen molar-refractivity contribution in [3.05, 3.63) is 54.7 Å². The van der Waals surface area contributed by atoms with Crippen molar-refractivity contribution in [1.29, 1.82) is 0 Å². The van der Waals surface area contributed by atoms with Gasteiger partial charge < -0.3 is 9.08 Å². The van der Waals surface area contributed by atoms with Crippen molar-refractivity contribution in [1.82, 2.24) is 9.88 Å². The van der Waals surface area contributed by atoms with Gasteiger partial charge in [-0.2, -0.15) is 8.42 Å². The number of hydrogen-bond acceptors (Lipinski definition) is 6. The summed E-state index contributed by atoms with van der Waals surface area (Å²) in [7, 11) is -3.57. The van der Waals surface area contributed by atoms with Gasteiger partial charge in [-0.15, -0.1) is 0 Å². The Morgan fingerprint density at radius 2 is 1.67 bits per heavy atom. The third-order valence-electron chi connectivity index (χ3n) is 3.97. The molecule has 6 nitrogen and oxygen atoms in total. The van der Waals surface area contributed by atoms with Crippen LogP contribution in [0.25, 0.3) is 0 Å². The van der Waals surface area contributed by atoms with Gasteiger partial charge in [-0.05, 0) is 24.3 Å². The molecule has 0 atom stereocenters. The zero-order valence-electron chi connectivity index (χ0n) is 13.4. The molecule has 2 heterocycles. The van der Waals surface area contributed by atoms with Gasteiger partial charge >= 0.3 is 10.1 Å². The van der Waals surface area contributed by atoms with Crippen LogP contribution in [0.4, 0.5) is 5.82 Å². The van der Waals surface area contributed by atoms with Crippen LogP contribution in [0.5, 0.6) is 5.75 Å². The molecule has 0 N–H and O–H groups in total. The van der Waals surface area contributed by atoms with Crippen LogP contribution in [0, 0.1) is 0 Å². The van der Waals surface area contributed by atoms with Gasteiger partial charge in [-0.1, -0.05) is 24.3 Å². The van der Waals surface area contributed by atoms with E-state index in [9.17, 15) is 8.42 Å². The zero-order chi connectivity index (χ0) is 16.8. The van der Waals surface area contributed by atoms with Gasteiger partial charge in [0.15, 0.2) is 0 Å². The number of benzene rings is 1. The maximum absolute atomic E-state index is 12.1. The number of hydrogen-bond donors (Lipinski definition) is 0. The molecular weight excluding hydrogens is 326 g/mol. The van der Waals surface area contributed by atoms with E-state index in [4.69, 9.17) is 4.18 Å². The van der Waals surface area contributed by atoms with E-state index < -0.39 is 10.1 Å². The van der Waals surface area contributed by atoms with Crippen molar-refractivity contribution in [3.8, 4) is 5.75 Å². The molecule has 1 fully saturated rings. The molecule has 0 amide bonds. The molecule has 0 bridgehead atoms. The molecule has 7 heteroatoms. The Bertz CT molecular complexity index is 730. The lowest BCUT2D eigenvalue weighted by Crippen LogP contribution is -2.48. The molecule has 1 aliphatic rings. The van der Waals surface area contributed by atoms with Gasteiger partial charge in [0.25, 0.3) is 0 Å². The fraction of sp³-hybridized carbons (Fsp3) is 0.353. The maximum Gasteiger partial charge on any atom is 0.310 e. The first kappa shape index (κ1) is 16.7. The quantitative estimate of drug-likeness (QED) is 0.740. The van der Waals surface area contributed by atoms with E-state index in [1.54, 1.807) is 30.5 Å². The SMILES string of the molecule is O=S(=O)(CCN1CCN(c2ccccn2)CC1)Oc1ccccc1. The van der Waals surface area contributed by atoms with Crippen LogP contribution < -0.4 is 9.08 Å². The van der Waals surface area contributed by atoms with Crippen LogP contribution in [0.2, 0.25) is 0 Å². The predicted molar refractivity (Wildman–Crippen MR) is 93.7 cm³/mol. The highest BCUT2D eigenvalue weighted by Crippen LogP contribution is 2.14. The first-order chi connectivity index (χ1) is 11.6. The number of nitrogens with zero attached hydrogens (tertiary/aromatic N) is 3. The molecule has 0 radical (unpaired) electrons. The van der Waals surface area contributed by atoms with Crippen molar-refractivity contribution < 1.29 is 12.6 Å². The number of para-hydroxylation sites is 1. The van der Waals surface area contributed by atoms with Gasteiger partial charge in [-0.3, -0.25) is 4.90 Å². The summed E-state index contributed by atoms with van der Waals surface area (Å²) in [6.07, 6.45) is 1.79. The van der Waals surface area contributed by atoms with Gasteiger partial charge in [0.1, 0.15) is 11.6 Å². The normalized spacial score (nSPS) is 16.1. The molecule has 0 unspecified atom stereocenters. The highest BCUT2D eigenvalue weighted by Gasteiger charge is 2.20. The Labute approximate surface area is 142 Å². The van der Waals surface area contributed by atoms with Crippen molar-refractivity contribution in [3.63, 3.8) is 0 Å². The minimum atomic E-state index is -3.57. The Kier molecular flexibility index (Phi) is 5.32. The summed E-state index contributed by atoms with van der Waals surface area (Å²) < 4.78 is 29.2. The summed E-state index contributed by atoms with van der Waals surface area (Å²) in [4.78, 5) is 8.71. The topological polar surface area (TPSA) is 62.7 Å². The van der Waals surface area contributed by atoms with Crippen LogP contribution in [-0.2, 0) is 10.1 Å². The zero-order valence-corrected chi connectivity index (χ0v) is 14.2. The fourth-order valence-electron chi connectivity index (χ4n) is 2.65. The average molecular weight is 347 g/mol. The van der Waals surface area contributed by atoms with Crippen molar-refractivity contribution >= 4 is 15.9 Å². The third kappa shape index (κ3) is 4.69. The molecule has 0 spiro atoms. The van der Waals surface area contributed by atoms with Crippen molar-refractivity contribution in [2.45, 2.75) is 0 Å². The lowest BCUT2D eigenvalue weighted by Gasteiger charge is -2.35. The molecule has 1 aromatic carbocycles. The second-order valence-electron chi connectivity index (χ2n) is 5.67. The molecular formula is C17H21N3O3S. The molecule has 1 aromatic heterocycles. The smallest absolute Gasteiger partial charge is 0.310 e. The molecule has 2 aromatic rings. The minimum Gasteiger partial charge on any atom is -0.382 e. The summed E-state index contributed by atoms with van der Waals surface area (Å²) in [6, 6.07) is 14.5. The Balaban J connectivity index is 1.46. The van der Waals surface area contributed by atoms with Crippen LogP contribution in [-0.4, -0.2) is 56.8 Å². The maximum atomic E-state index is 12.1. The lowest BCUT2D eigenvalue weighted by molar-refractivity contribution is 0.269. The van der Waals surface area contributed by atoms with Gasteiger partial charge in [0.2, 0.25) is 0 Å². The van der Waals surface area contributed by atoms with Crippen LogP contribution in [0.1, 0.15) is 0 Å². The van der Waals surface area contributed by atoms with E-state index in [2.05, 4.69) is 14.8 Å². The average Bonchev–Trinajstić information content (AvgIpc) is 2.62. The number of rotatable bonds is 6. The lowest BCUT2D eigenvalue weighted by atomic mass is 10.3. The van der Waals surface area contributed by atoms with Crippen LogP contribution in [0.3, 0.4) is 0 Å².